The van der Waals surface area contributed by atoms with Gasteiger partial charge >= 0.3 is 12.1 Å². The lowest BCUT2D eigenvalue weighted by molar-refractivity contribution is -0.140. The number of hydrogen-bond donors (Lipinski definition) is 2. The zero-order valence-electron chi connectivity index (χ0n) is 11.0. The van der Waals surface area contributed by atoms with E-state index in [4.69, 9.17) is 5.11 Å². The van der Waals surface area contributed by atoms with Gasteiger partial charge in [-0.25, -0.2) is 20.0 Å². The molecule has 0 fully saturated rings. The first kappa shape index (κ1) is 14.3. The fourth-order valence-electron chi connectivity index (χ4n) is 1.59. The lowest BCUT2D eigenvalue weighted by Gasteiger charge is -2.24. The molecule has 7 nitrogen and oxygen atoms in total. The number of carboxylic acids is 1. The molecular formula is C14H13N3O4. The van der Waals surface area contributed by atoms with E-state index in [9.17, 15) is 9.59 Å². The van der Waals surface area contributed by atoms with Crippen molar-refractivity contribution in [3.8, 4) is 0 Å². The number of pyridine rings is 1. The number of carboxylic acid groups (broad SMARTS) is 1. The number of anilines is 2. The zero-order chi connectivity index (χ0) is 15.1. The largest absolute Gasteiger partial charge is 0.479 e. The predicted molar refractivity (Wildman–Crippen MR) is 74.9 cm³/mol. The molecule has 1 aromatic heterocycles. The van der Waals surface area contributed by atoms with Crippen molar-refractivity contribution in [3.05, 3.63) is 54.9 Å². The molecular weight excluding hydrogens is 274 g/mol. The highest BCUT2D eigenvalue weighted by atomic mass is 16.6. The van der Waals surface area contributed by atoms with Crippen LogP contribution < -0.4 is 10.4 Å². The van der Waals surface area contributed by atoms with Crippen LogP contribution in [0.3, 0.4) is 0 Å². The summed E-state index contributed by atoms with van der Waals surface area (Å²) in [5.41, 5.74) is 3.76. The Balaban J connectivity index is 2.17. The number of aliphatic carboxylic acids is 1. The maximum Gasteiger partial charge on any atom is 0.427 e. The van der Waals surface area contributed by atoms with E-state index in [1.165, 1.54) is 5.01 Å². The van der Waals surface area contributed by atoms with Gasteiger partial charge in [-0.15, -0.1) is 0 Å². The number of hydrazine groups is 1. The molecule has 0 spiro atoms. The lowest BCUT2D eigenvalue weighted by Crippen LogP contribution is -2.40. The Morgan fingerprint density at radius 3 is 2.48 bits per heavy atom. The number of nitrogens with zero attached hydrogens (tertiary/aromatic N) is 2. The van der Waals surface area contributed by atoms with Crippen LogP contribution in [0.25, 0.3) is 0 Å². The van der Waals surface area contributed by atoms with E-state index in [2.05, 4.69) is 15.1 Å². The zero-order valence-corrected chi connectivity index (χ0v) is 11.0. The topological polar surface area (TPSA) is 91.8 Å². The molecule has 21 heavy (non-hydrogen) atoms. The van der Waals surface area contributed by atoms with Crippen LogP contribution >= 0.6 is 0 Å². The van der Waals surface area contributed by atoms with Crippen molar-refractivity contribution >= 4 is 23.4 Å². The highest BCUT2D eigenvalue weighted by Crippen LogP contribution is 2.21. The van der Waals surface area contributed by atoms with E-state index in [1.54, 1.807) is 36.7 Å². The predicted octanol–water partition coefficient (Wildman–Crippen LogP) is 1.95. The Hall–Kier alpha value is -3.09. The molecule has 0 unspecified atom stereocenters. The van der Waals surface area contributed by atoms with Gasteiger partial charge in [-0.3, -0.25) is 4.98 Å². The summed E-state index contributed by atoms with van der Waals surface area (Å²) >= 11 is 0. The number of para-hydroxylation sites is 1. The van der Waals surface area contributed by atoms with Crippen LogP contribution in [0.4, 0.5) is 16.2 Å². The molecule has 0 aliphatic rings. The monoisotopic (exact) mass is 287 g/mol. The third-order valence-corrected chi connectivity index (χ3v) is 2.45. The first-order chi connectivity index (χ1) is 10.2. The van der Waals surface area contributed by atoms with Gasteiger partial charge in [0.1, 0.15) is 0 Å². The summed E-state index contributed by atoms with van der Waals surface area (Å²) in [4.78, 5) is 26.0. The third-order valence-electron chi connectivity index (χ3n) is 2.45. The molecule has 2 N–H and O–H groups in total. The molecule has 0 saturated heterocycles. The fraction of sp³-hybridized carbons (Fsp3) is 0.0714. The number of hydrogen-bond acceptors (Lipinski definition) is 5. The van der Waals surface area contributed by atoms with E-state index in [-0.39, 0.29) is 0 Å². The third kappa shape index (κ3) is 4.20. The summed E-state index contributed by atoms with van der Waals surface area (Å²) in [6, 6.07) is 12.5. The van der Waals surface area contributed by atoms with Gasteiger partial charge in [-0.1, -0.05) is 18.2 Å². The molecule has 0 atom stereocenters. The van der Waals surface area contributed by atoms with Gasteiger partial charge in [0, 0.05) is 6.20 Å². The number of carbonyl (C=O) groups excluding carboxylic acids is 1. The average molecular weight is 287 g/mol. The number of benzene rings is 1. The number of nitrogens with one attached hydrogen (secondary N) is 1. The summed E-state index contributed by atoms with van der Waals surface area (Å²) in [6.07, 6.45) is 2.30. The van der Waals surface area contributed by atoms with Crippen molar-refractivity contribution in [2.75, 3.05) is 11.6 Å². The minimum Gasteiger partial charge on any atom is -0.479 e. The molecule has 0 bridgehead atoms. The molecule has 0 radical (unpaired) electrons. The van der Waals surface area contributed by atoms with Crippen LogP contribution in [0.2, 0.25) is 0 Å². The van der Waals surface area contributed by atoms with E-state index < -0.39 is 18.7 Å². The molecule has 1 aromatic carbocycles. The Bertz CT molecular complexity index is 565. The lowest BCUT2D eigenvalue weighted by atomic mass is 10.3. The Labute approximate surface area is 120 Å². The molecule has 0 saturated carbocycles. The summed E-state index contributed by atoms with van der Waals surface area (Å²) < 4.78 is 4.57. The maximum atomic E-state index is 11.6. The second-order valence-corrected chi connectivity index (χ2v) is 3.96. The van der Waals surface area contributed by atoms with Crippen LogP contribution in [-0.2, 0) is 9.53 Å². The second kappa shape index (κ2) is 6.90. The molecule has 2 aromatic rings. The fourth-order valence-corrected chi connectivity index (χ4v) is 1.59. The van der Waals surface area contributed by atoms with Crippen LogP contribution in [-0.4, -0.2) is 28.8 Å². The van der Waals surface area contributed by atoms with Gasteiger partial charge in [0.05, 0.1) is 17.6 Å². The number of rotatable bonds is 5. The minimum atomic E-state index is -1.22. The summed E-state index contributed by atoms with van der Waals surface area (Å²) in [7, 11) is 0. The van der Waals surface area contributed by atoms with E-state index in [0.717, 1.165) is 0 Å². The van der Waals surface area contributed by atoms with Gasteiger partial charge in [0.15, 0.2) is 6.61 Å². The van der Waals surface area contributed by atoms with E-state index >= 15 is 0 Å². The van der Waals surface area contributed by atoms with Gasteiger partial charge in [-0.2, -0.15) is 0 Å². The molecule has 0 aliphatic heterocycles. The van der Waals surface area contributed by atoms with Crippen molar-refractivity contribution in [1.29, 1.82) is 0 Å². The molecule has 108 valence electrons. The number of carbonyl (C=O) groups is 2. The van der Waals surface area contributed by atoms with Gasteiger partial charge in [-0.05, 0) is 24.3 Å². The smallest absolute Gasteiger partial charge is 0.427 e. The molecule has 1 heterocycles. The van der Waals surface area contributed by atoms with Gasteiger partial charge < -0.3 is 9.84 Å². The first-order valence-electron chi connectivity index (χ1n) is 6.07. The minimum absolute atomic E-state index is 0.607. The second-order valence-electron chi connectivity index (χ2n) is 3.96. The Morgan fingerprint density at radius 2 is 1.86 bits per heavy atom. The Morgan fingerprint density at radius 1 is 1.14 bits per heavy atom. The Kier molecular flexibility index (Phi) is 4.70. The van der Waals surface area contributed by atoms with Crippen LogP contribution in [0, 0.1) is 0 Å². The molecule has 7 heteroatoms. The summed E-state index contributed by atoms with van der Waals surface area (Å²) in [5, 5.41) is 9.96. The van der Waals surface area contributed by atoms with Crippen molar-refractivity contribution in [1.82, 2.24) is 10.4 Å². The van der Waals surface area contributed by atoms with Crippen molar-refractivity contribution in [2.45, 2.75) is 0 Å². The molecule has 0 aliphatic carbocycles. The highest BCUT2D eigenvalue weighted by molar-refractivity contribution is 5.77. The highest BCUT2D eigenvalue weighted by Gasteiger charge is 2.14. The van der Waals surface area contributed by atoms with Crippen LogP contribution in [0.1, 0.15) is 0 Å². The normalized spacial score (nSPS) is 9.71. The maximum absolute atomic E-state index is 11.6. The quantitative estimate of drug-likeness (QED) is 0.817. The van der Waals surface area contributed by atoms with E-state index in [1.807, 2.05) is 18.2 Å². The van der Waals surface area contributed by atoms with E-state index in [0.29, 0.717) is 11.4 Å². The summed E-state index contributed by atoms with van der Waals surface area (Å²) in [5.74, 6) is -1.22. The van der Waals surface area contributed by atoms with Gasteiger partial charge in [0.2, 0.25) is 0 Å². The van der Waals surface area contributed by atoms with Crippen molar-refractivity contribution in [2.24, 2.45) is 0 Å². The van der Waals surface area contributed by atoms with Crippen molar-refractivity contribution in [3.63, 3.8) is 0 Å². The van der Waals surface area contributed by atoms with Crippen molar-refractivity contribution < 1.29 is 19.4 Å². The number of aromatic nitrogens is 1. The summed E-state index contributed by atoms with van der Waals surface area (Å²) in [6.45, 7) is -0.707. The SMILES string of the molecule is O=C(O)COC(=O)NN(c1ccccc1)c1cccnc1. The average Bonchev–Trinajstić information content (AvgIpc) is 2.52. The number of ether oxygens (including phenoxy) is 1. The van der Waals surface area contributed by atoms with Crippen LogP contribution in [0.5, 0.6) is 0 Å². The standard InChI is InChI=1S/C14H13N3O4/c18-13(19)10-21-14(20)16-17(11-5-2-1-3-6-11)12-7-4-8-15-9-12/h1-9H,10H2,(H,16,20)(H,18,19). The number of amides is 1. The van der Waals surface area contributed by atoms with Crippen LogP contribution in [0.15, 0.2) is 54.9 Å². The molecule has 1 amide bonds. The van der Waals surface area contributed by atoms with Gasteiger partial charge in [0.25, 0.3) is 0 Å². The molecule has 2 rings (SSSR count). The first-order valence-corrected chi connectivity index (χ1v) is 6.07.